The fraction of sp³-hybridized carbons (Fsp3) is 0.462. The van der Waals surface area contributed by atoms with E-state index in [4.69, 9.17) is 5.11 Å². The van der Waals surface area contributed by atoms with E-state index in [0.717, 1.165) is 0 Å². The lowest BCUT2D eigenvalue weighted by atomic mass is 10.0. The van der Waals surface area contributed by atoms with Crippen molar-refractivity contribution in [2.24, 2.45) is 0 Å². The molecule has 17 heavy (non-hydrogen) atoms. The van der Waals surface area contributed by atoms with Crippen molar-refractivity contribution in [3.05, 3.63) is 29.8 Å². The van der Waals surface area contributed by atoms with E-state index in [1.54, 1.807) is 12.1 Å². The smallest absolute Gasteiger partial charge is 0.251 e. The minimum atomic E-state index is -0.125. The van der Waals surface area contributed by atoms with Crippen LogP contribution in [0, 0.1) is 0 Å². The van der Waals surface area contributed by atoms with Crippen LogP contribution in [0.4, 0.5) is 0 Å². The number of hydrogen-bond acceptors (Lipinski definition) is 3. The molecule has 0 fully saturated rings. The molecule has 0 saturated heterocycles. The van der Waals surface area contributed by atoms with Gasteiger partial charge in [0.05, 0.1) is 0 Å². The van der Waals surface area contributed by atoms with Crippen LogP contribution in [0.15, 0.2) is 24.3 Å². The first kappa shape index (κ1) is 13.5. The van der Waals surface area contributed by atoms with Gasteiger partial charge < -0.3 is 15.3 Å². The summed E-state index contributed by atoms with van der Waals surface area (Å²) in [7, 11) is 3.96. The highest BCUT2D eigenvalue weighted by Crippen LogP contribution is 2.11. The number of phenolic OH excluding ortho intramolecular Hbond substituents is 1. The average molecular weight is 236 g/mol. The molecule has 0 bridgehead atoms. The molecule has 0 atom stereocenters. The van der Waals surface area contributed by atoms with Crippen LogP contribution in [0.1, 0.15) is 24.2 Å². The van der Waals surface area contributed by atoms with Gasteiger partial charge >= 0.3 is 0 Å². The van der Waals surface area contributed by atoms with Crippen LogP contribution >= 0.6 is 0 Å². The third-order valence-corrected chi connectivity index (χ3v) is 3.02. The summed E-state index contributed by atoms with van der Waals surface area (Å²) in [6.45, 7) is 4.69. The molecule has 4 heteroatoms. The Balaban J connectivity index is 2.59. The molecular formula is C13H20N2O2. The quantitative estimate of drug-likeness (QED) is 0.832. The van der Waals surface area contributed by atoms with Crippen molar-refractivity contribution >= 4 is 5.91 Å². The number of phenols is 1. The second-order valence-electron chi connectivity index (χ2n) is 4.94. The highest BCUT2D eigenvalue weighted by atomic mass is 16.3. The molecule has 0 aliphatic rings. The molecule has 1 amide bonds. The molecule has 1 aromatic carbocycles. The first-order chi connectivity index (χ1) is 7.83. The van der Waals surface area contributed by atoms with Gasteiger partial charge in [0.2, 0.25) is 0 Å². The third-order valence-electron chi connectivity index (χ3n) is 3.02. The zero-order valence-corrected chi connectivity index (χ0v) is 10.8. The number of rotatable bonds is 4. The monoisotopic (exact) mass is 236 g/mol. The van der Waals surface area contributed by atoms with Crippen molar-refractivity contribution in [2.45, 2.75) is 19.4 Å². The van der Waals surface area contributed by atoms with Gasteiger partial charge in [-0.1, -0.05) is 0 Å². The Labute approximate surface area is 102 Å². The van der Waals surface area contributed by atoms with Crippen molar-refractivity contribution < 1.29 is 9.90 Å². The van der Waals surface area contributed by atoms with Crippen LogP contribution < -0.4 is 5.32 Å². The molecule has 0 saturated carbocycles. The fourth-order valence-electron chi connectivity index (χ4n) is 1.17. The first-order valence-electron chi connectivity index (χ1n) is 5.57. The summed E-state index contributed by atoms with van der Waals surface area (Å²) in [4.78, 5) is 13.9. The van der Waals surface area contributed by atoms with Crippen LogP contribution in [-0.2, 0) is 0 Å². The fourth-order valence-corrected chi connectivity index (χ4v) is 1.17. The lowest BCUT2D eigenvalue weighted by Gasteiger charge is -2.32. The molecule has 0 unspecified atom stereocenters. The van der Waals surface area contributed by atoms with Gasteiger partial charge in [-0.25, -0.2) is 0 Å². The summed E-state index contributed by atoms with van der Waals surface area (Å²) >= 11 is 0. The number of nitrogens with one attached hydrogen (secondary N) is 1. The summed E-state index contributed by atoms with van der Waals surface area (Å²) in [5, 5.41) is 12.0. The normalized spacial score (nSPS) is 11.6. The molecule has 2 N–H and O–H groups in total. The van der Waals surface area contributed by atoms with E-state index < -0.39 is 0 Å². The van der Waals surface area contributed by atoms with Crippen LogP contribution in [-0.4, -0.2) is 42.1 Å². The molecular weight excluding hydrogens is 216 g/mol. The number of aromatic hydroxyl groups is 1. The lowest BCUT2D eigenvalue weighted by Crippen LogP contribution is -2.48. The molecule has 0 spiro atoms. The molecule has 0 aliphatic heterocycles. The Kier molecular flexibility index (Phi) is 4.12. The van der Waals surface area contributed by atoms with Gasteiger partial charge in [0.1, 0.15) is 5.75 Å². The Morgan fingerprint density at radius 3 is 2.29 bits per heavy atom. The van der Waals surface area contributed by atoms with Crippen LogP contribution in [0.2, 0.25) is 0 Å². The predicted octanol–water partition coefficient (Wildman–Crippen LogP) is 1.46. The SMILES string of the molecule is CN(C)C(C)(C)CNC(=O)c1ccc(O)cc1. The van der Waals surface area contributed by atoms with Gasteiger partial charge in [-0.05, 0) is 52.2 Å². The Bertz CT molecular complexity index is 383. The highest BCUT2D eigenvalue weighted by molar-refractivity contribution is 5.94. The highest BCUT2D eigenvalue weighted by Gasteiger charge is 2.21. The summed E-state index contributed by atoms with van der Waals surface area (Å²) < 4.78 is 0. The minimum Gasteiger partial charge on any atom is -0.508 e. The van der Waals surface area contributed by atoms with E-state index >= 15 is 0 Å². The van der Waals surface area contributed by atoms with Crippen molar-refractivity contribution in [3.8, 4) is 5.75 Å². The van der Waals surface area contributed by atoms with E-state index in [1.807, 2.05) is 14.1 Å². The van der Waals surface area contributed by atoms with Gasteiger partial charge in [0, 0.05) is 17.6 Å². The molecule has 0 aliphatic carbocycles. The molecule has 0 radical (unpaired) electrons. The van der Waals surface area contributed by atoms with E-state index in [9.17, 15) is 4.79 Å². The molecule has 0 aromatic heterocycles. The van der Waals surface area contributed by atoms with Gasteiger partial charge in [0.25, 0.3) is 5.91 Å². The van der Waals surface area contributed by atoms with Gasteiger partial charge in [0.15, 0.2) is 0 Å². The molecule has 0 heterocycles. The summed E-state index contributed by atoms with van der Waals surface area (Å²) in [6.07, 6.45) is 0. The predicted molar refractivity (Wildman–Crippen MR) is 68.2 cm³/mol. The van der Waals surface area contributed by atoms with Crippen molar-refractivity contribution in [1.29, 1.82) is 0 Å². The number of amides is 1. The third kappa shape index (κ3) is 3.75. The van der Waals surface area contributed by atoms with E-state index in [2.05, 4.69) is 24.1 Å². The number of benzene rings is 1. The number of hydrogen-bond donors (Lipinski definition) is 2. The standard InChI is InChI=1S/C13H20N2O2/c1-13(2,15(3)4)9-14-12(17)10-5-7-11(16)8-6-10/h5-8,16H,9H2,1-4H3,(H,14,17). The number of nitrogens with zero attached hydrogens (tertiary/aromatic N) is 1. The van der Waals surface area contributed by atoms with Gasteiger partial charge in [-0.3, -0.25) is 4.79 Å². The maximum absolute atomic E-state index is 11.8. The number of likely N-dealkylation sites (N-methyl/N-ethyl adjacent to an activating group) is 1. The maximum atomic E-state index is 11.8. The van der Waals surface area contributed by atoms with E-state index in [-0.39, 0.29) is 17.2 Å². The van der Waals surface area contributed by atoms with Crippen molar-refractivity contribution in [3.63, 3.8) is 0 Å². The second kappa shape index (κ2) is 5.19. The lowest BCUT2D eigenvalue weighted by molar-refractivity contribution is 0.0919. The van der Waals surface area contributed by atoms with Crippen LogP contribution in [0.3, 0.4) is 0 Å². The Hall–Kier alpha value is -1.55. The molecule has 1 rings (SSSR count). The summed E-state index contributed by atoms with van der Waals surface area (Å²) in [5.41, 5.74) is 0.462. The van der Waals surface area contributed by atoms with E-state index in [0.29, 0.717) is 12.1 Å². The number of carbonyl (C=O) groups is 1. The topological polar surface area (TPSA) is 52.6 Å². The largest absolute Gasteiger partial charge is 0.508 e. The molecule has 4 nitrogen and oxygen atoms in total. The van der Waals surface area contributed by atoms with E-state index in [1.165, 1.54) is 12.1 Å². The Morgan fingerprint density at radius 2 is 1.82 bits per heavy atom. The average Bonchev–Trinajstić information content (AvgIpc) is 2.27. The van der Waals surface area contributed by atoms with Crippen LogP contribution in [0.25, 0.3) is 0 Å². The maximum Gasteiger partial charge on any atom is 0.251 e. The van der Waals surface area contributed by atoms with Gasteiger partial charge in [-0.2, -0.15) is 0 Å². The van der Waals surface area contributed by atoms with Crippen molar-refractivity contribution in [1.82, 2.24) is 10.2 Å². The molecule has 1 aromatic rings. The van der Waals surface area contributed by atoms with Crippen LogP contribution in [0.5, 0.6) is 5.75 Å². The second-order valence-corrected chi connectivity index (χ2v) is 4.94. The molecule has 94 valence electrons. The summed E-state index contributed by atoms with van der Waals surface area (Å²) in [5.74, 6) is 0.0371. The number of carbonyl (C=O) groups excluding carboxylic acids is 1. The first-order valence-corrected chi connectivity index (χ1v) is 5.57. The zero-order chi connectivity index (χ0) is 13.1. The van der Waals surface area contributed by atoms with Crippen molar-refractivity contribution in [2.75, 3.05) is 20.6 Å². The minimum absolute atomic E-state index is 0.0907. The summed E-state index contributed by atoms with van der Waals surface area (Å²) in [6, 6.07) is 6.22. The Morgan fingerprint density at radius 1 is 1.29 bits per heavy atom. The zero-order valence-electron chi connectivity index (χ0n) is 10.8. The van der Waals surface area contributed by atoms with Gasteiger partial charge in [-0.15, -0.1) is 0 Å².